The zero-order valence-electron chi connectivity index (χ0n) is 11.7. The topological polar surface area (TPSA) is 38.3 Å². The van der Waals surface area contributed by atoms with Crippen LogP contribution in [0.1, 0.15) is 34.6 Å². The van der Waals surface area contributed by atoms with Crippen LogP contribution in [0.2, 0.25) is 0 Å². The lowest BCUT2D eigenvalue weighted by molar-refractivity contribution is -0.117. The summed E-state index contributed by atoms with van der Waals surface area (Å²) in [5.74, 6) is 0.466. The van der Waals surface area contributed by atoms with E-state index in [2.05, 4.69) is 11.9 Å². The van der Waals surface area contributed by atoms with E-state index in [4.69, 9.17) is 4.74 Å². The molecule has 0 saturated heterocycles. The number of carbonyl (C=O) groups excluding carboxylic acids is 1. The molecule has 0 fully saturated rings. The van der Waals surface area contributed by atoms with Crippen molar-refractivity contribution in [2.75, 3.05) is 13.2 Å². The Kier molecular flexibility index (Phi) is 13.2. The molecule has 3 nitrogen and oxygen atoms in total. The lowest BCUT2D eigenvalue weighted by Gasteiger charge is -2.03. The Bertz CT molecular complexity index is 278. The molecule has 1 N–H and O–H groups in total. The normalized spacial score (nSPS) is 14.5. The summed E-state index contributed by atoms with van der Waals surface area (Å²) in [6, 6.07) is 0. The van der Waals surface area contributed by atoms with E-state index in [1.54, 1.807) is 6.08 Å². The molecule has 0 spiro atoms. The minimum atomic E-state index is -0.124. The maximum absolute atomic E-state index is 11.4. The van der Waals surface area contributed by atoms with Crippen molar-refractivity contribution >= 4 is 5.91 Å². The van der Waals surface area contributed by atoms with Crippen LogP contribution < -0.4 is 5.32 Å². The molecule has 17 heavy (non-hydrogen) atoms. The van der Waals surface area contributed by atoms with E-state index in [9.17, 15) is 4.79 Å². The first-order valence-corrected chi connectivity index (χ1v) is 6.20. The molecule has 0 unspecified atom stereocenters. The Morgan fingerprint density at radius 3 is 2.35 bits per heavy atom. The zero-order valence-corrected chi connectivity index (χ0v) is 11.7. The third-order valence-corrected chi connectivity index (χ3v) is 1.68. The number of carbonyl (C=O) groups is 1. The van der Waals surface area contributed by atoms with Crippen molar-refractivity contribution in [2.24, 2.45) is 0 Å². The molecule has 0 bridgehead atoms. The summed E-state index contributed by atoms with van der Waals surface area (Å²) in [6.07, 6.45) is 5.11. The number of hydrogen-bond acceptors (Lipinski definition) is 2. The van der Waals surface area contributed by atoms with Gasteiger partial charge in [-0.05, 0) is 13.0 Å². The molecule has 1 aliphatic rings. The van der Waals surface area contributed by atoms with Gasteiger partial charge in [0.05, 0.1) is 12.1 Å². The van der Waals surface area contributed by atoms with Gasteiger partial charge in [-0.15, -0.1) is 0 Å². The predicted octanol–water partition coefficient (Wildman–Crippen LogP) is 3.20. The molecule has 0 aromatic heterocycles. The van der Waals surface area contributed by atoms with Crippen LogP contribution in [-0.2, 0) is 9.53 Å². The summed E-state index contributed by atoms with van der Waals surface area (Å²) < 4.78 is 5.36. The fourth-order valence-electron chi connectivity index (χ4n) is 1.09. The quantitative estimate of drug-likeness (QED) is 0.803. The Morgan fingerprint density at radius 2 is 1.88 bits per heavy atom. The van der Waals surface area contributed by atoms with E-state index in [0.717, 1.165) is 0 Å². The average molecular weight is 239 g/mol. The van der Waals surface area contributed by atoms with Crippen molar-refractivity contribution in [1.29, 1.82) is 0 Å². The van der Waals surface area contributed by atoms with Crippen molar-refractivity contribution < 1.29 is 9.53 Å². The maximum Gasteiger partial charge on any atom is 0.255 e. The maximum atomic E-state index is 11.4. The summed E-state index contributed by atoms with van der Waals surface area (Å²) in [5, 5.41) is 2.71. The molecule has 1 heterocycles. The molecule has 3 heteroatoms. The van der Waals surface area contributed by atoms with Crippen LogP contribution in [0.3, 0.4) is 0 Å². The predicted molar refractivity (Wildman–Crippen MR) is 73.7 cm³/mol. The molecule has 1 amide bonds. The Morgan fingerprint density at radius 1 is 1.29 bits per heavy atom. The Balaban J connectivity index is 0. The molecular weight excluding hydrogens is 214 g/mol. The number of rotatable bonds is 2. The lowest BCUT2D eigenvalue weighted by atomic mass is 10.2. The number of ether oxygens (including phenoxy) is 1. The van der Waals surface area contributed by atoms with Gasteiger partial charge in [0.1, 0.15) is 12.4 Å². The lowest BCUT2D eigenvalue weighted by Crippen LogP contribution is -2.25. The van der Waals surface area contributed by atoms with Gasteiger partial charge < -0.3 is 10.1 Å². The van der Waals surface area contributed by atoms with E-state index < -0.39 is 0 Å². The first-order chi connectivity index (χ1) is 8.29. The largest absolute Gasteiger partial charge is 0.491 e. The second kappa shape index (κ2) is 12.6. The molecule has 0 aliphatic carbocycles. The average Bonchev–Trinajstić information content (AvgIpc) is 2.56. The van der Waals surface area contributed by atoms with Crippen LogP contribution in [0, 0.1) is 0 Å². The van der Waals surface area contributed by atoms with Gasteiger partial charge in [-0.1, -0.05) is 46.4 Å². The van der Waals surface area contributed by atoms with Crippen molar-refractivity contribution in [3.8, 4) is 0 Å². The van der Waals surface area contributed by atoms with Crippen molar-refractivity contribution in [3.05, 3.63) is 36.1 Å². The van der Waals surface area contributed by atoms with Crippen LogP contribution in [0.5, 0.6) is 0 Å². The summed E-state index contributed by atoms with van der Waals surface area (Å²) in [6.45, 7) is 14.5. The monoisotopic (exact) mass is 239 g/mol. The zero-order chi connectivity index (χ0) is 13.7. The minimum Gasteiger partial charge on any atom is -0.491 e. The highest BCUT2D eigenvalue weighted by atomic mass is 16.5. The Labute approximate surface area is 105 Å². The SMILES string of the molecule is C=CC1=C(/C=C\C)OCCNC1=O.CC.CC. The molecule has 1 rings (SSSR count). The van der Waals surface area contributed by atoms with Gasteiger partial charge in [0.15, 0.2) is 0 Å². The summed E-state index contributed by atoms with van der Waals surface area (Å²) in [5.41, 5.74) is 0.496. The molecule has 0 saturated carbocycles. The van der Waals surface area contributed by atoms with Gasteiger partial charge in [0, 0.05) is 0 Å². The summed E-state index contributed by atoms with van der Waals surface area (Å²) in [7, 11) is 0. The van der Waals surface area contributed by atoms with E-state index in [1.165, 1.54) is 6.08 Å². The number of amides is 1. The van der Waals surface area contributed by atoms with Gasteiger partial charge in [-0.3, -0.25) is 4.79 Å². The molecule has 0 aromatic rings. The van der Waals surface area contributed by atoms with Crippen LogP contribution in [0.4, 0.5) is 0 Å². The van der Waals surface area contributed by atoms with Crippen LogP contribution in [-0.4, -0.2) is 19.1 Å². The summed E-state index contributed by atoms with van der Waals surface area (Å²) in [4.78, 5) is 11.4. The van der Waals surface area contributed by atoms with Crippen molar-refractivity contribution in [3.63, 3.8) is 0 Å². The highest BCUT2D eigenvalue weighted by Gasteiger charge is 2.14. The highest BCUT2D eigenvalue weighted by Crippen LogP contribution is 2.11. The standard InChI is InChI=1S/C10H13NO2.2C2H6/c1-3-5-9-8(4-2)10(12)11-6-7-13-9;2*1-2/h3-5H,2,6-7H2,1H3,(H,11,12);2*1-2H3/b5-3-;;. The second-order valence-corrected chi connectivity index (χ2v) is 2.59. The van der Waals surface area contributed by atoms with Crippen molar-refractivity contribution in [1.82, 2.24) is 5.32 Å². The van der Waals surface area contributed by atoms with E-state index in [-0.39, 0.29) is 5.91 Å². The first-order valence-electron chi connectivity index (χ1n) is 6.20. The van der Waals surface area contributed by atoms with Crippen LogP contribution in [0.25, 0.3) is 0 Å². The van der Waals surface area contributed by atoms with Gasteiger partial charge in [-0.25, -0.2) is 0 Å². The van der Waals surface area contributed by atoms with Crippen LogP contribution in [0.15, 0.2) is 36.1 Å². The second-order valence-electron chi connectivity index (χ2n) is 2.59. The first kappa shape index (κ1) is 17.9. The third-order valence-electron chi connectivity index (χ3n) is 1.68. The minimum absolute atomic E-state index is 0.124. The molecule has 0 radical (unpaired) electrons. The van der Waals surface area contributed by atoms with E-state index in [1.807, 2.05) is 40.7 Å². The number of allylic oxidation sites excluding steroid dienone is 2. The number of nitrogens with one attached hydrogen (secondary N) is 1. The fraction of sp³-hybridized carbons (Fsp3) is 0.500. The van der Waals surface area contributed by atoms with Crippen LogP contribution >= 0.6 is 0 Å². The van der Waals surface area contributed by atoms with Gasteiger partial charge in [0.25, 0.3) is 5.91 Å². The molecule has 0 atom stereocenters. The molecule has 1 aliphatic heterocycles. The fourth-order valence-corrected chi connectivity index (χ4v) is 1.09. The smallest absolute Gasteiger partial charge is 0.255 e. The van der Waals surface area contributed by atoms with Gasteiger partial charge >= 0.3 is 0 Å². The van der Waals surface area contributed by atoms with Crippen molar-refractivity contribution in [2.45, 2.75) is 34.6 Å². The number of hydrogen-bond donors (Lipinski definition) is 1. The molecular formula is C14H25NO2. The summed E-state index contributed by atoms with van der Waals surface area (Å²) >= 11 is 0. The third kappa shape index (κ3) is 6.61. The Hall–Kier alpha value is -1.51. The molecule has 0 aromatic carbocycles. The molecule has 98 valence electrons. The highest BCUT2D eigenvalue weighted by molar-refractivity contribution is 5.97. The van der Waals surface area contributed by atoms with Gasteiger partial charge in [0.2, 0.25) is 0 Å². The van der Waals surface area contributed by atoms with E-state index in [0.29, 0.717) is 24.5 Å². The van der Waals surface area contributed by atoms with Gasteiger partial charge in [-0.2, -0.15) is 0 Å². The van der Waals surface area contributed by atoms with E-state index >= 15 is 0 Å².